The molecule has 4 rings (SSSR count). The number of nitrogens with one attached hydrogen (secondary N) is 2. The first-order valence-electron chi connectivity index (χ1n) is 9.23. The van der Waals surface area contributed by atoms with E-state index in [0.717, 1.165) is 22.8 Å². The summed E-state index contributed by atoms with van der Waals surface area (Å²) in [6.07, 6.45) is 0.734. The Hall–Kier alpha value is -2.03. The van der Waals surface area contributed by atoms with E-state index in [1.165, 1.54) is 11.8 Å². The number of nitrogens with zero attached hydrogens (tertiary/aromatic N) is 1. The van der Waals surface area contributed by atoms with Crippen LogP contribution in [0.3, 0.4) is 0 Å². The predicted octanol–water partition coefficient (Wildman–Crippen LogP) is 2.99. The number of anilines is 1. The van der Waals surface area contributed by atoms with Gasteiger partial charge in [0.2, 0.25) is 0 Å². The maximum Gasteiger partial charge on any atom is 0.251 e. The lowest BCUT2D eigenvalue weighted by Crippen LogP contribution is -2.25. The van der Waals surface area contributed by atoms with Crippen molar-refractivity contribution in [3.63, 3.8) is 0 Å². The first-order valence-corrected chi connectivity index (χ1v) is 12.3. The molecule has 2 aromatic rings. The number of sulfone groups is 1. The number of thioether (sulfide) groups is 1. The minimum atomic E-state index is -2.95. The number of halogens is 1. The first kappa shape index (κ1) is 20.3. The van der Waals surface area contributed by atoms with Crippen LogP contribution in [0.1, 0.15) is 15.9 Å². The van der Waals surface area contributed by atoms with Crippen molar-refractivity contribution in [3.05, 3.63) is 64.7 Å². The van der Waals surface area contributed by atoms with Gasteiger partial charge in [-0.1, -0.05) is 35.5 Å². The Balaban J connectivity index is 1.28. The molecule has 2 aliphatic heterocycles. The van der Waals surface area contributed by atoms with Crippen LogP contribution >= 0.6 is 23.4 Å². The summed E-state index contributed by atoms with van der Waals surface area (Å²) in [7, 11) is -2.95. The van der Waals surface area contributed by atoms with Gasteiger partial charge >= 0.3 is 0 Å². The summed E-state index contributed by atoms with van der Waals surface area (Å²) in [6.45, 7) is 0.541. The Morgan fingerprint density at radius 1 is 1.10 bits per heavy atom. The Morgan fingerprint density at radius 3 is 2.52 bits per heavy atom. The Kier molecular flexibility index (Phi) is 5.85. The zero-order chi connectivity index (χ0) is 20.4. The van der Waals surface area contributed by atoms with Gasteiger partial charge in [-0.05, 0) is 48.4 Å². The molecular weight excluding hydrogens is 430 g/mol. The van der Waals surface area contributed by atoms with Gasteiger partial charge in [0, 0.05) is 28.1 Å². The number of amidine groups is 1. The van der Waals surface area contributed by atoms with E-state index in [4.69, 9.17) is 11.6 Å². The number of benzene rings is 2. The quantitative estimate of drug-likeness (QED) is 0.732. The van der Waals surface area contributed by atoms with Crippen molar-refractivity contribution < 1.29 is 13.2 Å². The SMILES string of the molecule is O=C(NCCc1ccc(Cl)cc1)c1ccc(NC2=N[C@@H]3CS(=O)(=O)C[C@H]3S2)cc1. The highest BCUT2D eigenvalue weighted by Crippen LogP contribution is 2.34. The smallest absolute Gasteiger partial charge is 0.251 e. The van der Waals surface area contributed by atoms with E-state index in [0.29, 0.717) is 17.1 Å². The number of amides is 1. The fourth-order valence-electron chi connectivity index (χ4n) is 3.32. The van der Waals surface area contributed by atoms with Crippen LogP contribution in [0.5, 0.6) is 0 Å². The second-order valence-electron chi connectivity index (χ2n) is 7.07. The molecule has 0 saturated carbocycles. The topological polar surface area (TPSA) is 87.6 Å². The molecule has 2 aromatic carbocycles. The molecule has 1 amide bonds. The molecule has 0 aliphatic carbocycles. The van der Waals surface area contributed by atoms with Crippen LogP contribution in [0.4, 0.5) is 5.69 Å². The molecule has 1 fully saturated rings. The summed E-state index contributed by atoms with van der Waals surface area (Å²) in [5.74, 6) is 0.190. The summed E-state index contributed by atoms with van der Waals surface area (Å²) in [5, 5.41) is 7.56. The third-order valence-electron chi connectivity index (χ3n) is 4.83. The van der Waals surface area contributed by atoms with Gasteiger partial charge < -0.3 is 10.6 Å². The molecule has 0 radical (unpaired) electrons. The second kappa shape index (κ2) is 8.38. The van der Waals surface area contributed by atoms with E-state index in [9.17, 15) is 13.2 Å². The number of hydrogen-bond acceptors (Lipinski definition) is 6. The lowest BCUT2D eigenvalue weighted by atomic mass is 10.1. The molecule has 0 spiro atoms. The van der Waals surface area contributed by atoms with Crippen molar-refractivity contribution in [1.29, 1.82) is 0 Å². The molecular formula is C20H20ClN3O3S2. The largest absolute Gasteiger partial charge is 0.352 e. The van der Waals surface area contributed by atoms with Gasteiger partial charge in [0.25, 0.3) is 5.91 Å². The maximum atomic E-state index is 12.3. The van der Waals surface area contributed by atoms with Crippen molar-refractivity contribution in [1.82, 2.24) is 5.32 Å². The molecule has 2 heterocycles. The number of fused-ring (bicyclic) bond motifs is 1. The molecule has 152 valence electrons. The molecule has 6 nitrogen and oxygen atoms in total. The van der Waals surface area contributed by atoms with Gasteiger partial charge in [-0.2, -0.15) is 0 Å². The Bertz CT molecular complexity index is 1040. The molecule has 0 unspecified atom stereocenters. The summed E-state index contributed by atoms with van der Waals surface area (Å²) in [4.78, 5) is 16.8. The fraction of sp³-hybridized carbons (Fsp3) is 0.300. The Labute approximate surface area is 179 Å². The molecule has 9 heteroatoms. The van der Waals surface area contributed by atoms with Gasteiger partial charge in [-0.15, -0.1) is 0 Å². The standard InChI is InChI=1S/C20H20ClN3O3S2/c21-15-5-1-13(2-6-15)9-10-22-19(25)14-3-7-16(8-4-14)23-20-24-17-11-29(26,27)12-18(17)28-20/h1-8,17-18H,9-12H2,(H,22,25)(H,23,24)/t17-,18-/m1/s1. The van der Waals surface area contributed by atoms with E-state index >= 15 is 0 Å². The van der Waals surface area contributed by atoms with E-state index in [2.05, 4.69) is 15.6 Å². The normalized spacial score (nSPS) is 22.0. The average molecular weight is 450 g/mol. The molecule has 2 atom stereocenters. The molecule has 29 heavy (non-hydrogen) atoms. The summed E-state index contributed by atoms with van der Waals surface area (Å²) < 4.78 is 23.3. The first-order chi connectivity index (χ1) is 13.9. The fourth-order valence-corrected chi connectivity index (χ4v) is 7.12. The number of carbonyl (C=O) groups is 1. The van der Waals surface area contributed by atoms with Crippen molar-refractivity contribution in [2.24, 2.45) is 4.99 Å². The lowest BCUT2D eigenvalue weighted by molar-refractivity contribution is 0.0954. The second-order valence-corrected chi connectivity index (χ2v) is 10.9. The summed E-state index contributed by atoms with van der Waals surface area (Å²) in [5.41, 5.74) is 2.51. The molecule has 2 aliphatic rings. The van der Waals surface area contributed by atoms with Crippen LogP contribution in [-0.2, 0) is 16.3 Å². The number of rotatable bonds is 5. The third-order valence-corrected chi connectivity index (χ3v) is 8.22. The predicted molar refractivity (Wildman–Crippen MR) is 119 cm³/mol. The Morgan fingerprint density at radius 2 is 1.83 bits per heavy atom. The average Bonchev–Trinajstić information content (AvgIpc) is 3.16. The minimum Gasteiger partial charge on any atom is -0.352 e. The summed E-state index contributed by atoms with van der Waals surface area (Å²) >= 11 is 7.34. The van der Waals surface area contributed by atoms with Crippen LogP contribution in [0, 0.1) is 0 Å². The van der Waals surface area contributed by atoms with Crippen LogP contribution < -0.4 is 10.6 Å². The van der Waals surface area contributed by atoms with Crippen molar-refractivity contribution in [2.45, 2.75) is 17.7 Å². The molecule has 2 N–H and O–H groups in total. The minimum absolute atomic E-state index is 0.00758. The van der Waals surface area contributed by atoms with Crippen LogP contribution in [0.25, 0.3) is 0 Å². The van der Waals surface area contributed by atoms with Gasteiger partial charge in [-0.3, -0.25) is 9.79 Å². The van der Waals surface area contributed by atoms with E-state index < -0.39 is 9.84 Å². The van der Waals surface area contributed by atoms with Crippen LogP contribution in [-0.4, -0.2) is 48.8 Å². The lowest BCUT2D eigenvalue weighted by Gasteiger charge is -2.09. The van der Waals surface area contributed by atoms with Gasteiger partial charge in [0.15, 0.2) is 15.0 Å². The highest BCUT2D eigenvalue weighted by atomic mass is 35.5. The van der Waals surface area contributed by atoms with E-state index in [1.807, 2.05) is 36.4 Å². The molecule has 1 saturated heterocycles. The molecule has 0 bridgehead atoms. The van der Waals surface area contributed by atoms with Crippen LogP contribution in [0.2, 0.25) is 5.02 Å². The van der Waals surface area contributed by atoms with Crippen molar-refractivity contribution in [2.75, 3.05) is 23.4 Å². The van der Waals surface area contributed by atoms with E-state index in [1.54, 1.807) is 12.1 Å². The number of carbonyl (C=O) groups excluding carboxylic acids is 1. The zero-order valence-electron chi connectivity index (χ0n) is 15.5. The monoisotopic (exact) mass is 449 g/mol. The van der Waals surface area contributed by atoms with E-state index in [-0.39, 0.29) is 28.7 Å². The number of aliphatic imine (C=N–C) groups is 1. The van der Waals surface area contributed by atoms with Gasteiger partial charge in [0.05, 0.1) is 17.5 Å². The van der Waals surface area contributed by atoms with Crippen molar-refractivity contribution >= 4 is 50.0 Å². The highest BCUT2D eigenvalue weighted by molar-refractivity contribution is 8.15. The zero-order valence-corrected chi connectivity index (χ0v) is 17.9. The third kappa shape index (κ3) is 5.12. The van der Waals surface area contributed by atoms with Crippen LogP contribution in [0.15, 0.2) is 53.5 Å². The van der Waals surface area contributed by atoms with Gasteiger partial charge in [-0.25, -0.2) is 8.42 Å². The van der Waals surface area contributed by atoms with Crippen molar-refractivity contribution in [3.8, 4) is 0 Å². The van der Waals surface area contributed by atoms with Gasteiger partial charge in [0.1, 0.15) is 0 Å². The maximum absolute atomic E-state index is 12.3. The highest BCUT2D eigenvalue weighted by Gasteiger charge is 2.42. The molecule has 0 aromatic heterocycles. The number of hydrogen-bond donors (Lipinski definition) is 2. The summed E-state index contributed by atoms with van der Waals surface area (Å²) in [6, 6.07) is 14.6.